The van der Waals surface area contributed by atoms with Crippen LogP contribution < -0.4 is 0 Å². The number of oxazole rings is 1. The lowest BCUT2D eigenvalue weighted by molar-refractivity contribution is 0.324. The van der Waals surface area contributed by atoms with Gasteiger partial charge in [-0.25, -0.2) is 9.98 Å². The summed E-state index contributed by atoms with van der Waals surface area (Å²) >= 11 is 1.82. The maximum atomic E-state index is 6.20. The van der Waals surface area contributed by atoms with Gasteiger partial charge in [-0.2, -0.15) is 0 Å². The summed E-state index contributed by atoms with van der Waals surface area (Å²) in [6, 6.07) is 47.2. The van der Waals surface area contributed by atoms with Gasteiger partial charge in [-0.15, -0.1) is 11.3 Å². The van der Waals surface area contributed by atoms with Gasteiger partial charge in [0.05, 0.1) is 23.3 Å². The smallest absolute Gasteiger partial charge is 0.226 e. The van der Waals surface area contributed by atoms with Gasteiger partial charge in [0.25, 0.3) is 0 Å². The zero-order valence-corrected chi connectivity index (χ0v) is 36.1. The minimum Gasteiger partial charge on any atom is -0.475 e. The summed E-state index contributed by atoms with van der Waals surface area (Å²) in [5, 5.41) is 9.62. The molecule has 0 N–H and O–H groups in total. The molecule has 1 aliphatic carbocycles. The van der Waals surface area contributed by atoms with Crippen LogP contribution in [0.3, 0.4) is 0 Å². The minimum absolute atomic E-state index is 0.118. The number of hydrogen-bond donors (Lipinski definition) is 0. The first-order chi connectivity index (χ1) is 31.5. The van der Waals surface area contributed by atoms with Gasteiger partial charge in [-0.05, 0) is 147 Å². The van der Waals surface area contributed by atoms with Crippen molar-refractivity contribution in [2.24, 2.45) is 10.9 Å². The van der Waals surface area contributed by atoms with Gasteiger partial charge in [0.2, 0.25) is 11.8 Å². The maximum absolute atomic E-state index is 6.20. The Morgan fingerprint density at radius 1 is 0.625 bits per heavy atom. The van der Waals surface area contributed by atoms with E-state index >= 15 is 0 Å². The molecule has 306 valence electrons. The van der Waals surface area contributed by atoms with Gasteiger partial charge >= 0.3 is 0 Å². The first kappa shape index (κ1) is 37.0. The summed E-state index contributed by atoms with van der Waals surface area (Å²) in [6.07, 6.45) is 15.3. The summed E-state index contributed by atoms with van der Waals surface area (Å²) in [5.74, 6) is 1.78. The zero-order chi connectivity index (χ0) is 42.5. The number of ether oxygens (including phenoxy) is 1. The fourth-order valence-electron chi connectivity index (χ4n) is 9.95. The predicted octanol–water partition coefficient (Wildman–Crippen LogP) is 15.1. The number of fused-ring (bicyclic) bond motifs is 8. The van der Waals surface area contributed by atoms with Gasteiger partial charge in [0, 0.05) is 60.2 Å². The number of thiophene rings is 1. The molecule has 5 heterocycles. The van der Waals surface area contributed by atoms with Crippen LogP contribution >= 0.6 is 11.3 Å². The van der Waals surface area contributed by atoms with E-state index in [1.165, 1.54) is 74.8 Å². The second kappa shape index (κ2) is 14.5. The number of nitrogens with zero attached hydrogens (tertiary/aromatic N) is 4. The molecule has 2 unspecified atom stereocenters. The van der Waals surface area contributed by atoms with Gasteiger partial charge < -0.3 is 13.7 Å². The van der Waals surface area contributed by atoms with Crippen molar-refractivity contribution in [1.82, 2.24) is 14.5 Å². The summed E-state index contributed by atoms with van der Waals surface area (Å²) < 4.78 is 16.9. The van der Waals surface area contributed by atoms with Crippen LogP contribution in [0.5, 0.6) is 0 Å². The highest BCUT2D eigenvalue weighted by Gasteiger charge is 2.22. The summed E-state index contributed by atoms with van der Waals surface area (Å²) in [4.78, 5) is 13.9. The van der Waals surface area contributed by atoms with E-state index in [0.717, 1.165) is 45.4 Å². The largest absolute Gasteiger partial charge is 0.475 e. The highest BCUT2D eigenvalue weighted by Crippen LogP contribution is 2.43. The Bertz CT molecular complexity index is 3810. The van der Waals surface area contributed by atoms with E-state index in [0.29, 0.717) is 24.3 Å². The van der Waals surface area contributed by atoms with Crippen LogP contribution in [-0.2, 0) is 4.74 Å². The first-order valence-electron chi connectivity index (χ1n) is 21.9. The molecule has 2 aliphatic rings. The van der Waals surface area contributed by atoms with Crippen LogP contribution in [0.15, 0.2) is 180 Å². The third-order valence-corrected chi connectivity index (χ3v) is 14.2. The van der Waals surface area contributed by atoms with Gasteiger partial charge in [-0.3, -0.25) is 4.98 Å². The molecule has 1 aliphatic heterocycles. The number of aromatic nitrogens is 3. The monoisotopic (exact) mass is 844 g/mol. The predicted molar refractivity (Wildman–Crippen MR) is 266 cm³/mol. The second-order valence-electron chi connectivity index (χ2n) is 17.3. The first-order valence-corrected chi connectivity index (χ1v) is 22.8. The normalized spacial score (nSPS) is 16.4. The van der Waals surface area contributed by atoms with E-state index in [2.05, 4.69) is 168 Å². The number of aliphatic imine (C=N–C) groups is 1. The molecule has 6 nitrogen and oxygen atoms in total. The Balaban J connectivity index is 1.00. The van der Waals surface area contributed by atoms with Crippen LogP contribution in [-0.4, -0.2) is 33.1 Å². The molecule has 0 radical (unpaired) electrons. The topological polar surface area (TPSA) is 65.4 Å². The van der Waals surface area contributed by atoms with Crippen molar-refractivity contribution in [2.45, 2.75) is 26.3 Å². The van der Waals surface area contributed by atoms with Crippen molar-refractivity contribution in [1.29, 1.82) is 0 Å². The summed E-state index contributed by atoms with van der Waals surface area (Å²) in [7, 11) is 0. The fourth-order valence-corrected chi connectivity index (χ4v) is 11.2. The molecule has 0 spiro atoms. The Hall–Kier alpha value is -7.61. The van der Waals surface area contributed by atoms with Crippen molar-refractivity contribution < 1.29 is 9.15 Å². The van der Waals surface area contributed by atoms with Crippen molar-refractivity contribution in [2.75, 3.05) is 6.61 Å². The van der Waals surface area contributed by atoms with Crippen molar-refractivity contribution >= 4 is 86.5 Å². The van der Waals surface area contributed by atoms with E-state index in [4.69, 9.17) is 14.1 Å². The maximum Gasteiger partial charge on any atom is 0.226 e. The molecule has 11 aromatic rings. The molecule has 13 rings (SSSR count). The lowest BCUT2D eigenvalue weighted by Crippen LogP contribution is -2.02. The zero-order valence-electron chi connectivity index (χ0n) is 35.2. The van der Waals surface area contributed by atoms with E-state index in [-0.39, 0.29) is 6.04 Å². The van der Waals surface area contributed by atoms with Gasteiger partial charge in [0.1, 0.15) is 12.9 Å². The number of pyridine rings is 1. The standard InChI is InChI=1S/C57H40N4O2S/c1-33-7-5-8-44(21-33)61-52-29-36-14-13-35(39-24-42(26-43(25-39)56-60-34(2)32-63-56)46-11-6-12-47-51-31-58-18-17-54(51)64-55(46)47)22-40(36)27-49(52)50-28-41-23-38(16-15-37(41)30-53(50)61)45-9-3-4-10-48(45)57-59-19-20-62-57/h3-6,8-31,33-34H,7,32H2,1-2H3. The molecule has 4 aromatic heterocycles. The van der Waals surface area contributed by atoms with Crippen LogP contribution in [0.2, 0.25) is 0 Å². The van der Waals surface area contributed by atoms with Crippen molar-refractivity contribution in [3.63, 3.8) is 0 Å². The van der Waals surface area contributed by atoms with Gasteiger partial charge in [0.15, 0.2) is 0 Å². The van der Waals surface area contributed by atoms with Crippen molar-refractivity contribution in [3.05, 3.63) is 176 Å². The molecular formula is C57H40N4O2S. The SMILES string of the molecule is CC1C=C(n2c3cc4ccc(-c5cc(C6=NC(C)CO6)cc(-c6cccc7c6sc6ccncc67)c5)cc4cc3c3cc4cc(-c5ccccc5-c5ncco5)ccc4cc32)C=CC1. The van der Waals surface area contributed by atoms with E-state index in [9.17, 15) is 0 Å². The Labute approximate surface area is 373 Å². The molecule has 0 bridgehead atoms. The Kier molecular flexibility index (Phi) is 8.37. The lowest BCUT2D eigenvalue weighted by atomic mass is 9.93. The average Bonchev–Trinajstić information content (AvgIpc) is 4.16. The molecule has 64 heavy (non-hydrogen) atoms. The summed E-state index contributed by atoms with van der Waals surface area (Å²) in [5.41, 5.74) is 12.4. The lowest BCUT2D eigenvalue weighted by Gasteiger charge is -2.16. The second-order valence-corrected chi connectivity index (χ2v) is 18.4. The minimum atomic E-state index is 0.118. The van der Waals surface area contributed by atoms with Crippen LogP contribution in [0.1, 0.15) is 25.8 Å². The molecule has 0 saturated carbocycles. The molecule has 7 heteroatoms. The molecule has 0 amide bonds. The highest BCUT2D eigenvalue weighted by molar-refractivity contribution is 7.26. The summed E-state index contributed by atoms with van der Waals surface area (Å²) in [6.45, 7) is 4.99. The van der Waals surface area contributed by atoms with E-state index in [1.807, 2.05) is 29.8 Å². The highest BCUT2D eigenvalue weighted by atomic mass is 32.1. The quantitative estimate of drug-likeness (QED) is 0.167. The van der Waals surface area contributed by atoms with Crippen LogP contribution in [0.4, 0.5) is 0 Å². The van der Waals surface area contributed by atoms with E-state index < -0.39 is 0 Å². The Morgan fingerprint density at radius 3 is 2.14 bits per heavy atom. The Morgan fingerprint density at radius 2 is 1.38 bits per heavy atom. The number of allylic oxidation sites excluding steroid dienone is 4. The fraction of sp³-hybridized carbons (Fsp3) is 0.105. The van der Waals surface area contributed by atoms with Crippen molar-refractivity contribution in [3.8, 4) is 44.8 Å². The molecule has 7 aromatic carbocycles. The molecular weight excluding hydrogens is 805 g/mol. The van der Waals surface area contributed by atoms with Crippen LogP contribution in [0, 0.1) is 5.92 Å². The molecule has 0 fully saturated rings. The number of benzene rings is 7. The third-order valence-electron chi connectivity index (χ3n) is 13.0. The van der Waals surface area contributed by atoms with Crippen LogP contribution in [0.25, 0.3) is 114 Å². The third kappa shape index (κ3) is 6.03. The van der Waals surface area contributed by atoms with E-state index in [1.54, 1.807) is 12.5 Å². The van der Waals surface area contributed by atoms with Gasteiger partial charge in [-0.1, -0.05) is 79.7 Å². The molecule has 0 saturated heterocycles. The number of rotatable bonds is 6. The average molecular weight is 845 g/mol. The molecule has 2 atom stereocenters. The number of hydrogen-bond acceptors (Lipinski definition) is 6.